The predicted molar refractivity (Wildman–Crippen MR) is 77.4 cm³/mol. The summed E-state index contributed by atoms with van der Waals surface area (Å²) in [6, 6.07) is 3.33. The molecule has 0 unspecified atom stereocenters. The minimum Gasteiger partial charge on any atom is -0.478 e. The molecule has 0 spiro atoms. The SMILES string of the molecule is CCCc1cc(C(=O)O)cc(N2C[C@@H](C)O[C@@H](C)C2)n1. The molecule has 1 fully saturated rings. The highest BCUT2D eigenvalue weighted by Crippen LogP contribution is 2.21. The lowest BCUT2D eigenvalue weighted by Gasteiger charge is -2.36. The van der Waals surface area contributed by atoms with Crippen LogP contribution >= 0.6 is 0 Å². The van der Waals surface area contributed by atoms with E-state index in [0.717, 1.165) is 37.4 Å². The molecule has 1 aliphatic heterocycles. The fourth-order valence-corrected chi connectivity index (χ4v) is 2.61. The highest BCUT2D eigenvalue weighted by atomic mass is 16.5. The van der Waals surface area contributed by atoms with Crippen molar-refractivity contribution in [2.24, 2.45) is 0 Å². The number of nitrogens with zero attached hydrogens (tertiary/aromatic N) is 2. The van der Waals surface area contributed by atoms with Crippen LogP contribution in [0.5, 0.6) is 0 Å². The monoisotopic (exact) mass is 278 g/mol. The van der Waals surface area contributed by atoms with Crippen molar-refractivity contribution >= 4 is 11.8 Å². The Morgan fingerprint density at radius 1 is 1.40 bits per heavy atom. The molecule has 1 N–H and O–H groups in total. The summed E-state index contributed by atoms with van der Waals surface area (Å²) in [4.78, 5) is 18.0. The number of anilines is 1. The predicted octanol–water partition coefficient (Wildman–Crippen LogP) is 2.35. The van der Waals surface area contributed by atoms with E-state index in [2.05, 4.69) is 16.8 Å². The molecule has 2 heterocycles. The van der Waals surface area contributed by atoms with E-state index in [-0.39, 0.29) is 12.2 Å². The maximum Gasteiger partial charge on any atom is 0.335 e. The lowest BCUT2D eigenvalue weighted by atomic mass is 10.1. The van der Waals surface area contributed by atoms with Crippen molar-refractivity contribution in [2.75, 3.05) is 18.0 Å². The van der Waals surface area contributed by atoms with Crippen molar-refractivity contribution in [3.8, 4) is 0 Å². The summed E-state index contributed by atoms with van der Waals surface area (Å²) in [6.45, 7) is 7.60. The van der Waals surface area contributed by atoms with E-state index >= 15 is 0 Å². The molecule has 0 radical (unpaired) electrons. The molecule has 5 nitrogen and oxygen atoms in total. The zero-order valence-corrected chi connectivity index (χ0v) is 12.3. The van der Waals surface area contributed by atoms with Crippen LogP contribution in [-0.2, 0) is 11.2 Å². The van der Waals surface area contributed by atoms with Crippen LogP contribution in [0.3, 0.4) is 0 Å². The van der Waals surface area contributed by atoms with Gasteiger partial charge >= 0.3 is 5.97 Å². The average molecular weight is 278 g/mol. The number of aromatic carboxylic acids is 1. The third-order valence-corrected chi connectivity index (χ3v) is 3.36. The van der Waals surface area contributed by atoms with Crippen LogP contribution in [0.1, 0.15) is 43.2 Å². The molecule has 2 rings (SSSR count). The number of morpholine rings is 1. The van der Waals surface area contributed by atoms with E-state index in [1.807, 2.05) is 13.8 Å². The molecule has 20 heavy (non-hydrogen) atoms. The zero-order valence-electron chi connectivity index (χ0n) is 12.3. The number of hydrogen-bond acceptors (Lipinski definition) is 4. The van der Waals surface area contributed by atoms with Crippen molar-refractivity contribution in [1.29, 1.82) is 0 Å². The van der Waals surface area contributed by atoms with Gasteiger partial charge in [-0.15, -0.1) is 0 Å². The lowest BCUT2D eigenvalue weighted by Crippen LogP contribution is -2.46. The zero-order chi connectivity index (χ0) is 14.7. The first-order chi connectivity index (χ1) is 9.49. The molecule has 0 amide bonds. The standard InChI is InChI=1S/C15H22N2O3/c1-4-5-13-6-12(15(18)19)7-14(16-13)17-8-10(2)20-11(3)9-17/h6-7,10-11H,4-5,8-9H2,1-3H3,(H,18,19)/t10-,11+. The molecule has 0 bridgehead atoms. The van der Waals surface area contributed by atoms with Crippen molar-refractivity contribution in [1.82, 2.24) is 4.98 Å². The summed E-state index contributed by atoms with van der Waals surface area (Å²) in [5, 5.41) is 9.23. The van der Waals surface area contributed by atoms with Gasteiger partial charge in [-0.25, -0.2) is 9.78 Å². The van der Waals surface area contributed by atoms with Crippen LogP contribution in [0.4, 0.5) is 5.82 Å². The van der Waals surface area contributed by atoms with Gasteiger partial charge in [0.15, 0.2) is 0 Å². The Morgan fingerprint density at radius 2 is 2.05 bits per heavy atom. The van der Waals surface area contributed by atoms with Gasteiger partial charge in [-0.3, -0.25) is 0 Å². The second kappa shape index (κ2) is 6.22. The Morgan fingerprint density at radius 3 is 2.60 bits per heavy atom. The van der Waals surface area contributed by atoms with Gasteiger partial charge in [0, 0.05) is 18.8 Å². The van der Waals surface area contributed by atoms with Gasteiger partial charge in [-0.05, 0) is 32.4 Å². The average Bonchev–Trinajstić information content (AvgIpc) is 2.37. The molecule has 0 aromatic carbocycles. The molecule has 5 heteroatoms. The number of ether oxygens (including phenoxy) is 1. The van der Waals surface area contributed by atoms with Crippen LogP contribution in [0.15, 0.2) is 12.1 Å². The first-order valence-electron chi connectivity index (χ1n) is 7.14. The van der Waals surface area contributed by atoms with Gasteiger partial charge < -0.3 is 14.7 Å². The molecule has 0 saturated carbocycles. The van der Waals surface area contributed by atoms with Gasteiger partial charge in [-0.2, -0.15) is 0 Å². The van der Waals surface area contributed by atoms with Crippen molar-refractivity contribution in [3.05, 3.63) is 23.4 Å². The van der Waals surface area contributed by atoms with Crippen LogP contribution in [0, 0.1) is 0 Å². The smallest absolute Gasteiger partial charge is 0.335 e. The number of carboxylic acids is 1. The minimum atomic E-state index is -0.902. The van der Waals surface area contributed by atoms with E-state index in [9.17, 15) is 9.90 Å². The number of rotatable bonds is 4. The van der Waals surface area contributed by atoms with E-state index in [1.54, 1.807) is 12.1 Å². The van der Waals surface area contributed by atoms with E-state index in [4.69, 9.17) is 4.74 Å². The highest BCUT2D eigenvalue weighted by molar-refractivity contribution is 5.88. The highest BCUT2D eigenvalue weighted by Gasteiger charge is 2.24. The Balaban J connectivity index is 2.31. The molecular weight excluding hydrogens is 256 g/mol. The molecule has 110 valence electrons. The summed E-state index contributed by atoms with van der Waals surface area (Å²) < 4.78 is 5.71. The Labute approximate surface area is 119 Å². The van der Waals surface area contributed by atoms with Crippen molar-refractivity contribution < 1.29 is 14.6 Å². The second-order valence-corrected chi connectivity index (χ2v) is 5.42. The molecule has 0 aliphatic carbocycles. The van der Waals surface area contributed by atoms with E-state index in [0.29, 0.717) is 5.56 Å². The first-order valence-corrected chi connectivity index (χ1v) is 7.14. The third kappa shape index (κ3) is 3.48. The van der Waals surface area contributed by atoms with E-state index < -0.39 is 5.97 Å². The molecule has 2 atom stereocenters. The first kappa shape index (κ1) is 14.8. The van der Waals surface area contributed by atoms with Crippen molar-refractivity contribution in [3.63, 3.8) is 0 Å². The molecule has 1 aliphatic rings. The van der Waals surface area contributed by atoms with Crippen LogP contribution in [0.2, 0.25) is 0 Å². The topological polar surface area (TPSA) is 62.7 Å². The van der Waals surface area contributed by atoms with Crippen molar-refractivity contribution in [2.45, 2.75) is 45.8 Å². The fraction of sp³-hybridized carbons (Fsp3) is 0.600. The summed E-state index contributed by atoms with van der Waals surface area (Å²) in [5.41, 5.74) is 1.15. The Hall–Kier alpha value is -1.62. The molecule has 1 aromatic rings. The molecule has 1 saturated heterocycles. The lowest BCUT2D eigenvalue weighted by molar-refractivity contribution is -0.00547. The molecular formula is C15H22N2O3. The minimum absolute atomic E-state index is 0.128. The van der Waals surface area contributed by atoms with Gasteiger partial charge in [0.05, 0.1) is 17.8 Å². The van der Waals surface area contributed by atoms with Gasteiger partial charge in [0.25, 0.3) is 0 Å². The molecule has 1 aromatic heterocycles. The largest absolute Gasteiger partial charge is 0.478 e. The quantitative estimate of drug-likeness (QED) is 0.916. The normalized spacial score (nSPS) is 22.9. The number of aromatic nitrogens is 1. The van der Waals surface area contributed by atoms with Gasteiger partial charge in [0.1, 0.15) is 5.82 Å². The van der Waals surface area contributed by atoms with E-state index in [1.165, 1.54) is 0 Å². The summed E-state index contributed by atoms with van der Waals surface area (Å²) in [6.07, 6.45) is 2.00. The summed E-state index contributed by atoms with van der Waals surface area (Å²) in [5.74, 6) is -0.157. The number of hydrogen-bond donors (Lipinski definition) is 1. The maximum absolute atomic E-state index is 11.3. The number of pyridine rings is 1. The maximum atomic E-state index is 11.3. The fourth-order valence-electron chi connectivity index (χ4n) is 2.61. The third-order valence-electron chi connectivity index (χ3n) is 3.36. The van der Waals surface area contributed by atoms with Gasteiger partial charge in [0.2, 0.25) is 0 Å². The van der Waals surface area contributed by atoms with Crippen LogP contribution in [0.25, 0.3) is 0 Å². The summed E-state index contributed by atoms with van der Waals surface area (Å²) in [7, 11) is 0. The summed E-state index contributed by atoms with van der Waals surface area (Å²) >= 11 is 0. The van der Waals surface area contributed by atoms with Gasteiger partial charge in [-0.1, -0.05) is 13.3 Å². The number of aryl methyl sites for hydroxylation is 1. The Kier molecular flexibility index (Phi) is 4.60. The number of carbonyl (C=O) groups is 1. The number of carboxylic acid groups (broad SMARTS) is 1. The van der Waals surface area contributed by atoms with Crippen LogP contribution in [-0.4, -0.2) is 41.4 Å². The van der Waals surface area contributed by atoms with Crippen LogP contribution < -0.4 is 4.90 Å². The second-order valence-electron chi connectivity index (χ2n) is 5.42. The Bertz CT molecular complexity index is 480.